The van der Waals surface area contributed by atoms with E-state index in [1.165, 1.54) is 0 Å². The van der Waals surface area contributed by atoms with Crippen LogP contribution in [0.25, 0.3) is 0 Å². The molecule has 0 bridgehead atoms. The molecule has 0 saturated heterocycles. The first-order valence-electron chi connectivity index (χ1n) is 5.45. The Hall–Kier alpha value is -0.620. The van der Waals surface area contributed by atoms with Gasteiger partial charge in [-0.15, -0.1) is 0 Å². The lowest BCUT2D eigenvalue weighted by atomic mass is 10.2. The maximum atomic E-state index is 11.7. The standard InChI is InChI=1S/C12H15BrClNO3/c1-17-6-7-18-5-4-15-12(16)9-2-3-11(14)10(13)8-9/h2-3,8H,4-7H2,1H3,(H,15,16). The molecule has 1 amide bonds. The Morgan fingerprint density at radius 3 is 2.83 bits per heavy atom. The number of carbonyl (C=O) groups excluding carboxylic acids is 1. The van der Waals surface area contributed by atoms with Crippen molar-refractivity contribution in [1.29, 1.82) is 0 Å². The minimum atomic E-state index is -0.150. The molecule has 1 rings (SSSR count). The fourth-order valence-electron chi connectivity index (χ4n) is 1.22. The van der Waals surface area contributed by atoms with Crippen LogP contribution in [0.4, 0.5) is 0 Å². The molecule has 1 aromatic rings. The van der Waals surface area contributed by atoms with Gasteiger partial charge in [-0.2, -0.15) is 0 Å². The van der Waals surface area contributed by atoms with E-state index >= 15 is 0 Å². The van der Waals surface area contributed by atoms with Crippen LogP contribution in [-0.2, 0) is 9.47 Å². The van der Waals surface area contributed by atoms with E-state index in [1.54, 1.807) is 25.3 Å². The predicted molar refractivity (Wildman–Crippen MR) is 74.2 cm³/mol. The van der Waals surface area contributed by atoms with Gasteiger partial charge in [0.1, 0.15) is 0 Å². The summed E-state index contributed by atoms with van der Waals surface area (Å²) in [4.78, 5) is 11.7. The molecule has 0 spiro atoms. The summed E-state index contributed by atoms with van der Waals surface area (Å²) in [7, 11) is 1.61. The Balaban J connectivity index is 2.30. The molecule has 4 nitrogen and oxygen atoms in total. The van der Waals surface area contributed by atoms with Gasteiger partial charge in [-0.05, 0) is 34.1 Å². The number of hydrogen-bond acceptors (Lipinski definition) is 3. The van der Waals surface area contributed by atoms with Gasteiger partial charge in [0, 0.05) is 23.7 Å². The van der Waals surface area contributed by atoms with Crippen LogP contribution < -0.4 is 5.32 Å². The van der Waals surface area contributed by atoms with E-state index in [9.17, 15) is 4.79 Å². The molecule has 18 heavy (non-hydrogen) atoms. The molecule has 1 N–H and O–H groups in total. The molecular formula is C12H15BrClNO3. The summed E-state index contributed by atoms with van der Waals surface area (Å²) in [6.45, 7) is 2.00. The van der Waals surface area contributed by atoms with E-state index in [4.69, 9.17) is 21.1 Å². The summed E-state index contributed by atoms with van der Waals surface area (Å²) in [5.74, 6) is -0.150. The molecular weight excluding hydrogens is 321 g/mol. The van der Waals surface area contributed by atoms with Gasteiger partial charge in [-0.3, -0.25) is 4.79 Å². The Morgan fingerprint density at radius 2 is 2.17 bits per heavy atom. The zero-order valence-electron chi connectivity index (χ0n) is 10.0. The van der Waals surface area contributed by atoms with Crippen LogP contribution in [0.5, 0.6) is 0 Å². The molecule has 0 unspecified atom stereocenters. The maximum absolute atomic E-state index is 11.7. The lowest BCUT2D eigenvalue weighted by molar-refractivity contribution is 0.0692. The smallest absolute Gasteiger partial charge is 0.251 e. The van der Waals surface area contributed by atoms with Gasteiger partial charge in [-0.1, -0.05) is 11.6 Å². The van der Waals surface area contributed by atoms with Gasteiger partial charge in [0.15, 0.2) is 0 Å². The zero-order valence-corrected chi connectivity index (χ0v) is 12.4. The third-order valence-electron chi connectivity index (χ3n) is 2.15. The minimum absolute atomic E-state index is 0.150. The molecule has 0 aliphatic rings. The zero-order chi connectivity index (χ0) is 13.4. The number of amides is 1. The summed E-state index contributed by atoms with van der Waals surface area (Å²) >= 11 is 9.12. The van der Waals surface area contributed by atoms with Crippen molar-refractivity contribution in [3.8, 4) is 0 Å². The number of halogens is 2. The second-order valence-corrected chi connectivity index (χ2v) is 4.75. The molecule has 100 valence electrons. The average Bonchev–Trinajstić information content (AvgIpc) is 2.36. The first-order valence-corrected chi connectivity index (χ1v) is 6.62. The number of hydrogen-bond donors (Lipinski definition) is 1. The van der Waals surface area contributed by atoms with Crippen LogP contribution in [0, 0.1) is 0 Å². The van der Waals surface area contributed by atoms with Crippen molar-refractivity contribution in [2.24, 2.45) is 0 Å². The Morgan fingerprint density at radius 1 is 1.39 bits per heavy atom. The summed E-state index contributed by atoms with van der Waals surface area (Å²) in [6.07, 6.45) is 0. The van der Waals surface area contributed by atoms with Crippen LogP contribution in [0.2, 0.25) is 5.02 Å². The first-order chi connectivity index (χ1) is 8.65. The van der Waals surface area contributed by atoms with E-state index in [2.05, 4.69) is 21.2 Å². The molecule has 0 aromatic heterocycles. The van der Waals surface area contributed by atoms with Crippen molar-refractivity contribution in [2.75, 3.05) is 33.5 Å². The summed E-state index contributed by atoms with van der Waals surface area (Å²) in [6, 6.07) is 5.04. The Labute approximate surface area is 120 Å². The van der Waals surface area contributed by atoms with E-state index in [0.717, 1.165) is 0 Å². The second kappa shape index (κ2) is 8.48. The highest BCUT2D eigenvalue weighted by molar-refractivity contribution is 9.10. The van der Waals surface area contributed by atoms with Crippen LogP contribution in [-0.4, -0.2) is 39.4 Å². The molecule has 0 fully saturated rings. The molecule has 0 saturated carbocycles. The van der Waals surface area contributed by atoms with Crippen LogP contribution >= 0.6 is 27.5 Å². The van der Waals surface area contributed by atoms with Gasteiger partial charge in [-0.25, -0.2) is 0 Å². The predicted octanol–water partition coefficient (Wildman–Crippen LogP) is 2.50. The number of carbonyl (C=O) groups is 1. The molecule has 0 atom stereocenters. The van der Waals surface area contributed by atoms with Gasteiger partial charge in [0.25, 0.3) is 5.91 Å². The second-order valence-electron chi connectivity index (χ2n) is 3.49. The fraction of sp³-hybridized carbons (Fsp3) is 0.417. The van der Waals surface area contributed by atoms with E-state index in [-0.39, 0.29) is 5.91 Å². The first kappa shape index (κ1) is 15.4. The number of ether oxygens (including phenoxy) is 2. The van der Waals surface area contributed by atoms with Crippen molar-refractivity contribution in [2.45, 2.75) is 0 Å². The number of nitrogens with one attached hydrogen (secondary N) is 1. The number of benzene rings is 1. The average molecular weight is 337 g/mol. The van der Waals surface area contributed by atoms with Crippen molar-refractivity contribution in [3.05, 3.63) is 33.3 Å². The van der Waals surface area contributed by atoms with E-state index < -0.39 is 0 Å². The normalized spacial score (nSPS) is 10.4. The molecule has 1 aromatic carbocycles. The maximum Gasteiger partial charge on any atom is 0.251 e. The lowest BCUT2D eigenvalue weighted by Crippen LogP contribution is -2.27. The third kappa shape index (κ3) is 5.35. The third-order valence-corrected chi connectivity index (χ3v) is 3.36. The number of methoxy groups -OCH3 is 1. The van der Waals surface area contributed by atoms with Crippen molar-refractivity contribution >= 4 is 33.4 Å². The van der Waals surface area contributed by atoms with E-state index in [1.807, 2.05) is 0 Å². The Bertz CT molecular complexity index is 401. The van der Waals surface area contributed by atoms with Gasteiger partial charge >= 0.3 is 0 Å². The molecule has 0 radical (unpaired) electrons. The summed E-state index contributed by atoms with van der Waals surface area (Å²) in [5.41, 5.74) is 0.558. The summed E-state index contributed by atoms with van der Waals surface area (Å²) < 4.78 is 10.8. The SMILES string of the molecule is COCCOCCNC(=O)c1ccc(Cl)c(Br)c1. The molecule has 0 heterocycles. The Kier molecular flexibility index (Phi) is 7.27. The van der Waals surface area contributed by atoms with Gasteiger partial charge in [0.05, 0.1) is 24.8 Å². The topological polar surface area (TPSA) is 47.6 Å². The van der Waals surface area contributed by atoms with Crippen LogP contribution in [0.1, 0.15) is 10.4 Å². The van der Waals surface area contributed by atoms with Crippen molar-refractivity contribution in [3.63, 3.8) is 0 Å². The highest BCUT2D eigenvalue weighted by atomic mass is 79.9. The quantitative estimate of drug-likeness (QED) is 0.778. The highest BCUT2D eigenvalue weighted by Crippen LogP contribution is 2.23. The van der Waals surface area contributed by atoms with E-state index in [0.29, 0.717) is 41.4 Å². The van der Waals surface area contributed by atoms with Gasteiger partial charge < -0.3 is 14.8 Å². The highest BCUT2D eigenvalue weighted by Gasteiger charge is 2.06. The van der Waals surface area contributed by atoms with Crippen LogP contribution in [0.3, 0.4) is 0 Å². The number of rotatable bonds is 7. The van der Waals surface area contributed by atoms with Gasteiger partial charge in [0.2, 0.25) is 0 Å². The fourth-order valence-corrected chi connectivity index (χ4v) is 1.72. The van der Waals surface area contributed by atoms with Crippen molar-refractivity contribution < 1.29 is 14.3 Å². The van der Waals surface area contributed by atoms with Crippen LogP contribution in [0.15, 0.2) is 22.7 Å². The summed E-state index contributed by atoms with van der Waals surface area (Å²) in [5, 5.41) is 3.33. The monoisotopic (exact) mass is 335 g/mol. The molecule has 0 aliphatic heterocycles. The molecule has 6 heteroatoms. The lowest BCUT2D eigenvalue weighted by Gasteiger charge is -2.07. The van der Waals surface area contributed by atoms with Crippen molar-refractivity contribution in [1.82, 2.24) is 5.32 Å². The minimum Gasteiger partial charge on any atom is -0.382 e. The molecule has 0 aliphatic carbocycles. The largest absolute Gasteiger partial charge is 0.382 e.